The molecule has 1 unspecified atom stereocenters. The van der Waals surface area contributed by atoms with E-state index in [-0.39, 0.29) is 11.6 Å². The number of rotatable bonds is 5. The summed E-state index contributed by atoms with van der Waals surface area (Å²) >= 11 is 0. The monoisotopic (exact) mass is 420 g/mol. The van der Waals surface area contributed by atoms with Crippen molar-refractivity contribution < 1.29 is 18.8 Å². The summed E-state index contributed by atoms with van der Waals surface area (Å²) in [4.78, 5) is 43.7. The van der Waals surface area contributed by atoms with Crippen molar-refractivity contribution >= 4 is 17.7 Å². The Morgan fingerprint density at radius 3 is 2.58 bits per heavy atom. The molecule has 1 N–H and O–H groups in total. The van der Waals surface area contributed by atoms with Gasteiger partial charge in [0.25, 0.3) is 5.91 Å². The first-order valence-electron chi connectivity index (χ1n) is 9.76. The first kappa shape index (κ1) is 20.5. The lowest BCUT2D eigenvalue weighted by atomic mass is 9.97. The van der Waals surface area contributed by atoms with Crippen LogP contribution in [0, 0.1) is 19.7 Å². The van der Waals surface area contributed by atoms with Crippen molar-refractivity contribution in [2.45, 2.75) is 26.3 Å². The van der Waals surface area contributed by atoms with Gasteiger partial charge in [-0.05, 0) is 57.2 Å². The Labute approximate surface area is 178 Å². The van der Waals surface area contributed by atoms with Crippen LogP contribution in [-0.4, -0.2) is 38.7 Å². The molecule has 4 rings (SSSR count). The Morgan fingerprint density at radius 2 is 1.90 bits per heavy atom. The molecule has 3 aromatic rings. The standard InChI is InChI=1S/C23H21FN4O3/c1-14-11-18(15(2)28(14)17-8-6-7-16(24)12-17)19(29)13-27-21(30)23(3,26-22(27)31)20-9-4-5-10-25-20/h4-12H,13H2,1-3H3,(H,26,31). The molecule has 1 fully saturated rings. The van der Waals surface area contributed by atoms with E-state index < -0.39 is 24.0 Å². The van der Waals surface area contributed by atoms with E-state index in [9.17, 15) is 18.8 Å². The highest BCUT2D eigenvalue weighted by Crippen LogP contribution is 2.28. The molecule has 158 valence electrons. The summed E-state index contributed by atoms with van der Waals surface area (Å²) in [6, 6.07) is 12.2. The SMILES string of the molecule is Cc1cc(C(=O)CN2C(=O)NC(C)(c3ccccn3)C2=O)c(C)n1-c1cccc(F)c1. The number of carbonyl (C=O) groups excluding carboxylic acids is 3. The van der Waals surface area contributed by atoms with Gasteiger partial charge in [-0.1, -0.05) is 12.1 Å². The molecule has 1 atom stereocenters. The van der Waals surface area contributed by atoms with Gasteiger partial charge in [0, 0.05) is 28.8 Å². The van der Waals surface area contributed by atoms with Gasteiger partial charge in [0.1, 0.15) is 5.82 Å². The van der Waals surface area contributed by atoms with Gasteiger partial charge in [-0.2, -0.15) is 0 Å². The van der Waals surface area contributed by atoms with Crippen molar-refractivity contribution in [3.8, 4) is 5.69 Å². The second-order valence-corrected chi connectivity index (χ2v) is 7.68. The fraction of sp³-hybridized carbons (Fsp3) is 0.217. The summed E-state index contributed by atoms with van der Waals surface area (Å²) in [6.45, 7) is 4.71. The molecule has 7 nitrogen and oxygen atoms in total. The Bertz CT molecular complexity index is 1200. The van der Waals surface area contributed by atoms with Crippen LogP contribution in [0.25, 0.3) is 5.69 Å². The highest BCUT2D eigenvalue weighted by atomic mass is 19.1. The Kier molecular flexibility index (Phi) is 4.93. The van der Waals surface area contributed by atoms with Crippen molar-refractivity contribution in [1.82, 2.24) is 19.8 Å². The van der Waals surface area contributed by atoms with Crippen molar-refractivity contribution in [3.63, 3.8) is 0 Å². The zero-order valence-electron chi connectivity index (χ0n) is 17.3. The van der Waals surface area contributed by atoms with E-state index in [0.717, 1.165) is 10.6 Å². The summed E-state index contributed by atoms with van der Waals surface area (Å²) in [5, 5.41) is 2.64. The van der Waals surface area contributed by atoms with Gasteiger partial charge in [0.15, 0.2) is 11.3 Å². The molecular weight excluding hydrogens is 399 g/mol. The van der Waals surface area contributed by atoms with Crippen LogP contribution in [0.4, 0.5) is 9.18 Å². The predicted octanol–water partition coefficient (Wildman–Crippen LogP) is 3.28. The van der Waals surface area contributed by atoms with Crippen molar-refractivity contribution in [2.75, 3.05) is 6.54 Å². The molecule has 1 aromatic carbocycles. The van der Waals surface area contributed by atoms with Crippen molar-refractivity contribution in [1.29, 1.82) is 0 Å². The number of benzene rings is 1. The van der Waals surface area contributed by atoms with E-state index in [2.05, 4.69) is 10.3 Å². The van der Waals surface area contributed by atoms with Crippen LogP contribution in [-0.2, 0) is 10.3 Å². The van der Waals surface area contributed by atoms with E-state index >= 15 is 0 Å². The van der Waals surface area contributed by atoms with Gasteiger partial charge >= 0.3 is 6.03 Å². The molecule has 0 radical (unpaired) electrons. The second-order valence-electron chi connectivity index (χ2n) is 7.68. The first-order valence-corrected chi connectivity index (χ1v) is 9.76. The third-order valence-corrected chi connectivity index (χ3v) is 5.55. The number of pyridine rings is 1. The molecule has 0 bridgehead atoms. The van der Waals surface area contributed by atoms with Crippen molar-refractivity contribution in [2.24, 2.45) is 0 Å². The number of aryl methyl sites for hydroxylation is 1. The van der Waals surface area contributed by atoms with Gasteiger partial charge in [-0.25, -0.2) is 9.18 Å². The van der Waals surface area contributed by atoms with Crippen LogP contribution in [0.2, 0.25) is 0 Å². The van der Waals surface area contributed by atoms with Crippen molar-refractivity contribution in [3.05, 3.63) is 83.2 Å². The average molecular weight is 420 g/mol. The molecule has 3 heterocycles. The normalized spacial score (nSPS) is 18.4. The maximum Gasteiger partial charge on any atom is 0.325 e. The van der Waals surface area contributed by atoms with Gasteiger partial charge < -0.3 is 9.88 Å². The van der Waals surface area contributed by atoms with E-state index in [4.69, 9.17) is 0 Å². The third-order valence-electron chi connectivity index (χ3n) is 5.55. The molecule has 1 saturated heterocycles. The maximum atomic E-state index is 13.7. The summed E-state index contributed by atoms with van der Waals surface area (Å²) in [5.41, 5.74) is 1.36. The molecule has 1 aliphatic rings. The molecule has 8 heteroatoms. The van der Waals surface area contributed by atoms with Crippen LogP contribution < -0.4 is 5.32 Å². The fourth-order valence-corrected chi connectivity index (χ4v) is 3.96. The summed E-state index contributed by atoms with van der Waals surface area (Å²) in [7, 11) is 0. The minimum absolute atomic E-state index is 0.369. The lowest BCUT2D eigenvalue weighted by Gasteiger charge is -2.20. The summed E-state index contributed by atoms with van der Waals surface area (Å²) in [5.74, 6) is -1.31. The molecule has 1 aliphatic heterocycles. The topological polar surface area (TPSA) is 84.3 Å². The molecule has 0 spiro atoms. The lowest BCUT2D eigenvalue weighted by Crippen LogP contribution is -2.42. The highest BCUT2D eigenvalue weighted by molar-refractivity contribution is 6.11. The number of urea groups is 1. The van der Waals surface area contributed by atoms with E-state index in [1.807, 2.05) is 0 Å². The van der Waals surface area contributed by atoms with Crippen LogP contribution in [0.1, 0.15) is 34.4 Å². The largest absolute Gasteiger partial charge is 0.325 e. The number of hydrogen-bond acceptors (Lipinski definition) is 4. The number of nitrogens with zero attached hydrogens (tertiary/aromatic N) is 3. The summed E-state index contributed by atoms with van der Waals surface area (Å²) in [6.07, 6.45) is 1.54. The highest BCUT2D eigenvalue weighted by Gasteiger charge is 2.50. The number of ketones is 1. The lowest BCUT2D eigenvalue weighted by molar-refractivity contribution is -0.130. The van der Waals surface area contributed by atoms with E-state index in [1.165, 1.54) is 18.3 Å². The molecule has 2 aromatic heterocycles. The first-order chi connectivity index (χ1) is 14.7. The predicted molar refractivity (Wildman–Crippen MR) is 111 cm³/mol. The number of halogens is 1. The minimum Gasteiger partial charge on any atom is -0.318 e. The molecule has 3 amide bonds. The number of imide groups is 1. The molecule has 0 saturated carbocycles. The van der Waals surface area contributed by atoms with E-state index in [1.54, 1.807) is 61.7 Å². The Hall–Kier alpha value is -3.81. The fourth-order valence-electron chi connectivity index (χ4n) is 3.96. The zero-order chi connectivity index (χ0) is 22.3. The van der Waals surface area contributed by atoms with Gasteiger partial charge in [-0.15, -0.1) is 0 Å². The van der Waals surface area contributed by atoms with Gasteiger partial charge in [-0.3, -0.25) is 19.5 Å². The quantitative estimate of drug-likeness (QED) is 0.507. The third kappa shape index (κ3) is 3.39. The van der Waals surface area contributed by atoms with Gasteiger partial charge in [0.05, 0.1) is 12.2 Å². The smallest absolute Gasteiger partial charge is 0.318 e. The van der Waals surface area contributed by atoms with Crippen LogP contribution in [0.15, 0.2) is 54.7 Å². The number of aromatic nitrogens is 2. The summed E-state index contributed by atoms with van der Waals surface area (Å²) < 4.78 is 15.4. The molecule has 31 heavy (non-hydrogen) atoms. The average Bonchev–Trinajstić information content (AvgIpc) is 3.16. The minimum atomic E-state index is -1.34. The number of hydrogen-bond donors (Lipinski definition) is 1. The molecular formula is C23H21FN4O3. The Balaban J connectivity index is 1.61. The van der Waals surface area contributed by atoms with Crippen LogP contribution >= 0.6 is 0 Å². The van der Waals surface area contributed by atoms with Crippen LogP contribution in [0.5, 0.6) is 0 Å². The van der Waals surface area contributed by atoms with Crippen LogP contribution in [0.3, 0.4) is 0 Å². The number of nitrogens with one attached hydrogen (secondary N) is 1. The maximum absolute atomic E-state index is 13.7. The van der Waals surface area contributed by atoms with E-state index in [0.29, 0.717) is 22.6 Å². The molecule has 0 aliphatic carbocycles. The second kappa shape index (κ2) is 7.46. The number of carbonyl (C=O) groups is 3. The Morgan fingerprint density at radius 1 is 1.13 bits per heavy atom. The number of Topliss-reactive ketones (excluding diaryl/α,β-unsaturated/α-hetero) is 1. The zero-order valence-corrected chi connectivity index (χ0v) is 17.3. The number of amides is 3. The van der Waals surface area contributed by atoms with Gasteiger partial charge in [0.2, 0.25) is 0 Å².